The highest BCUT2D eigenvalue weighted by molar-refractivity contribution is 8.03. The van der Waals surface area contributed by atoms with Crippen LogP contribution in [0.4, 0.5) is 4.79 Å². The summed E-state index contributed by atoms with van der Waals surface area (Å²) >= 11 is 1.45. The molecule has 6 atom stereocenters. The first-order valence-corrected chi connectivity index (χ1v) is 14.0. The Morgan fingerprint density at radius 3 is 2.79 bits per heavy atom. The largest absolute Gasteiger partial charge is 1.00 e. The number of aliphatic carboxylic acids is 1. The number of ether oxygens (including phenoxy) is 1. The van der Waals surface area contributed by atoms with Gasteiger partial charge in [0.15, 0.2) is 0 Å². The molecular weight excluding hydrogens is 637 g/mol. The van der Waals surface area contributed by atoms with Crippen molar-refractivity contribution in [2.75, 3.05) is 39.8 Å². The molecule has 0 radical (unpaired) electrons. The van der Waals surface area contributed by atoms with E-state index in [-0.39, 0.29) is 65.4 Å². The van der Waals surface area contributed by atoms with Crippen LogP contribution >= 0.6 is 11.8 Å². The van der Waals surface area contributed by atoms with Crippen molar-refractivity contribution in [1.82, 2.24) is 19.8 Å². The molecule has 5 aliphatic rings. The quantitative estimate of drug-likeness (QED) is 0.126. The van der Waals surface area contributed by atoms with Gasteiger partial charge in [-0.15, -0.1) is 11.8 Å². The van der Waals surface area contributed by atoms with E-state index in [9.17, 15) is 24.6 Å². The number of rotatable bonds is 9. The molecule has 2 saturated heterocycles. The molecule has 214 valence electrons. The van der Waals surface area contributed by atoms with Crippen LogP contribution in [0.15, 0.2) is 35.5 Å². The summed E-state index contributed by atoms with van der Waals surface area (Å²) < 4.78 is 7.71. The number of β-lactam (4-membered cyclic amide) rings is 1. The Morgan fingerprint density at radius 2 is 2.13 bits per heavy atom. The zero-order chi connectivity index (χ0) is 27.3. The number of carboxylic acid groups (broad SMARTS) is 1. The summed E-state index contributed by atoms with van der Waals surface area (Å²) in [4.78, 5) is 41.6. The average Bonchev–Trinajstić information content (AvgIpc) is 3.60. The van der Waals surface area contributed by atoms with Gasteiger partial charge in [-0.2, -0.15) is 5.01 Å². The van der Waals surface area contributed by atoms with E-state index < -0.39 is 24.1 Å². The van der Waals surface area contributed by atoms with Gasteiger partial charge in [0.05, 0.1) is 24.6 Å². The Balaban J connectivity index is 0.00000353. The van der Waals surface area contributed by atoms with E-state index >= 15 is 0 Å². The summed E-state index contributed by atoms with van der Waals surface area (Å²) in [6.45, 7) is 10.3. The van der Waals surface area contributed by atoms with E-state index in [1.54, 1.807) is 11.8 Å². The van der Waals surface area contributed by atoms with Crippen LogP contribution in [0.2, 0.25) is 0 Å². The molecule has 0 aliphatic carbocycles. The number of aliphatic hydroxyl groups excluding tert-OH is 1. The van der Waals surface area contributed by atoms with Crippen LogP contribution in [0.5, 0.6) is 0 Å². The minimum absolute atomic E-state index is 0. The van der Waals surface area contributed by atoms with Gasteiger partial charge in [-0.3, -0.25) is 9.37 Å². The molecule has 0 bridgehead atoms. The first kappa shape index (κ1) is 29.7. The molecular formula is C26H36IN5O6S. The molecule has 5 aliphatic heterocycles. The Kier molecular flexibility index (Phi) is 8.91. The van der Waals surface area contributed by atoms with Gasteiger partial charge >= 0.3 is 12.1 Å². The van der Waals surface area contributed by atoms with E-state index in [1.165, 1.54) is 22.7 Å². The van der Waals surface area contributed by atoms with Gasteiger partial charge in [0.25, 0.3) is 5.84 Å². The highest BCUT2D eigenvalue weighted by Crippen LogP contribution is 2.52. The predicted octanol–water partition coefficient (Wildman–Crippen LogP) is -1.87. The number of carboxylic acids is 1. The third kappa shape index (κ3) is 5.17. The number of aliphatic hydroxyl groups is 1. The SMILES string of the molecule is C=CCOC(=O)N1C[C@@H](SC2=C(C(=O)O)N3C(=O)[C@H]([C@@H](C)O)[C@H]3[C@H]2C)C[C@H]1CC[N+]1=C2C=CN(C)N2CC1.[I-]. The van der Waals surface area contributed by atoms with Crippen LogP contribution in [-0.2, 0) is 14.3 Å². The molecule has 0 aromatic heterocycles. The van der Waals surface area contributed by atoms with Crippen LogP contribution in [0, 0.1) is 11.8 Å². The zero-order valence-electron chi connectivity index (χ0n) is 22.4. The smallest absolute Gasteiger partial charge is 0.410 e. The minimum atomic E-state index is -1.14. The number of carbonyl (C=O) groups is 3. The Hall–Kier alpha value is -2.26. The summed E-state index contributed by atoms with van der Waals surface area (Å²) in [6, 6.07) is -0.410. The fraction of sp³-hybridized carbons (Fsp3) is 0.615. The van der Waals surface area contributed by atoms with Crippen molar-refractivity contribution in [2.24, 2.45) is 11.8 Å². The normalized spacial score (nSPS) is 29.9. The molecule has 0 saturated carbocycles. The molecule has 2 fully saturated rings. The summed E-state index contributed by atoms with van der Waals surface area (Å²) in [7, 11) is 2.02. The maximum atomic E-state index is 12.9. The summed E-state index contributed by atoms with van der Waals surface area (Å²) in [6.07, 6.45) is 5.89. The lowest BCUT2D eigenvalue weighted by atomic mass is 9.79. The number of amidine groups is 1. The number of thioether (sulfide) groups is 1. The monoisotopic (exact) mass is 673 g/mol. The third-order valence-electron chi connectivity index (χ3n) is 8.26. The van der Waals surface area contributed by atoms with Gasteiger partial charge in [-0.05, 0) is 13.3 Å². The highest BCUT2D eigenvalue weighted by Gasteiger charge is 2.60. The fourth-order valence-corrected chi connectivity index (χ4v) is 8.00. The molecule has 11 nitrogen and oxygen atoms in total. The lowest BCUT2D eigenvalue weighted by molar-refractivity contribution is -0.518. The van der Waals surface area contributed by atoms with Crippen LogP contribution in [0.3, 0.4) is 0 Å². The fourth-order valence-electron chi connectivity index (χ4n) is 6.43. The van der Waals surface area contributed by atoms with E-state index in [2.05, 4.69) is 27.2 Å². The first-order chi connectivity index (χ1) is 18.1. The van der Waals surface area contributed by atoms with Crippen molar-refractivity contribution in [3.8, 4) is 0 Å². The van der Waals surface area contributed by atoms with Gasteiger partial charge in [0, 0.05) is 54.4 Å². The second-order valence-electron chi connectivity index (χ2n) is 10.6. The third-order valence-corrected chi connectivity index (χ3v) is 9.76. The Bertz CT molecular complexity index is 1140. The minimum Gasteiger partial charge on any atom is -1.00 e. The number of hydrazine groups is 1. The number of halogens is 1. The molecule has 13 heteroatoms. The standard InChI is InChI=1S/C26H35N5O6S.HI/c1-5-12-37-26(36)29-14-18(13-17(29)6-9-28-10-11-30-19(28)7-8-27(30)4)38-23-15(2)21-20(16(3)32)24(33)31(21)22(23)25(34)35;/h5,7-8,15-18,20-21,32H,1,6,9-14H2,2-4H3;1H/t15-,16-,17-,18+,20-,21-;/m1./s1. The van der Waals surface area contributed by atoms with Gasteiger partial charge in [-0.25, -0.2) is 14.6 Å². The van der Waals surface area contributed by atoms with E-state index in [4.69, 9.17) is 4.74 Å². The van der Waals surface area contributed by atoms with Crippen molar-refractivity contribution < 1.29 is 57.9 Å². The second kappa shape index (κ2) is 11.7. The molecule has 0 spiro atoms. The lowest BCUT2D eigenvalue weighted by Gasteiger charge is -2.46. The lowest BCUT2D eigenvalue weighted by Crippen LogP contribution is -3.00. The van der Waals surface area contributed by atoms with E-state index in [0.717, 1.165) is 31.9 Å². The molecule has 39 heavy (non-hydrogen) atoms. The number of amides is 2. The summed E-state index contributed by atoms with van der Waals surface area (Å²) in [5, 5.41) is 24.4. The van der Waals surface area contributed by atoms with Gasteiger partial charge in [-0.1, -0.05) is 19.6 Å². The predicted molar refractivity (Wildman–Crippen MR) is 141 cm³/mol. The van der Waals surface area contributed by atoms with Gasteiger partial charge in [0.2, 0.25) is 5.91 Å². The zero-order valence-corrected chi connectivity index (χ0v) is 25.4. The Morgan fingerprint density at radius 1 is 1.38 bits per heavy atom. The number of carbonyl (C=O) groups excluding carboxylic acids is 2. The van der Waals surface area contributed by atoms with Crippen molar-refractivity contribution in [3.63, 3.8) is 0 Å². The van der Waals surface area contributed by atoms with Crippen LogP contribution in [0.1, 0.15) is 26.7 Å². The van der Waals surface area contributed by atoms with Crippen LogP contribution in [-0.4, -0.2) is 122 Å². The average molecular weight is 674 g/mol. The highest BCUT2D eigenvalue weighted by atomic mass is 127. The summed E-state index contributed by atoms with van der Waals surface area (Å²) in [5.74, 6) is -1.12. The van der Waals surface area contributed by atoms with Gasteiger partial charge < -0.3 is 48.7 Å². The number of hydrogen-bond acceptors (Lipinski definition) is 8. The molecule has 5 heterocycles. The molecule has 5 rings (SSSR count). The number of nitrogens with zero attached hydrogens (tertiary/aromatic N) is 5. The topological polar surface area (TPSA) is 117 Å². The summed E-state index contributed by atoms with van der Waals surface area (Å²) in [5.41, 5.74) is 0.0179. The van der Waals surface area contributed by atoms with Crippen LogP contribution in [0.25, 0.3) is 0 Å². The van der Waals surface area contributed by atoms with E-state index in [1.807, 2.05) is 20.2 Å². The number of fused-ring (bicyclic) bond motifs is 2. The van der Waals surface area contributed by atoms with Crippen LogP contribution < -0.4 is 24.0 Å². The molecule has 0 aromatic rings. The van der Waals surface area contributed by atoms with Crippen molar-refractivity contribution in [1.29, 1.82) is 0 Å². The first-order valence-electron chi connectivity index (χ1n) is 13.1. The van der Waals surface area contributed by atoms with Gasteiger partial charge in [0.1, 0.15) is 25.4 Å². The molecule has 2 amide bonds. The van der Waals surface area contributed by atoms with Crippen molar-refractivity contribution in [2.45, 2.75) is 50.1 Å². The Labute approximate surface area is 249 Å². The molecule has 0 aromatic carbocycles. The second-order valence-corrected chi connectivity index (χ2v) is 11.9. The van der Waals surface area contributed by atoms with Crippen molar-refractivity contribution >= 4 is 35.6 Å². The maximum Gasteiger partial charge on any atom is 0.410 e. The molecule has 2 N–H and O–H groups in total. The number of hydrogen-bond donors (Lipinski definition) is 2. The molecule has 0 unspecified atom stereocenters. The van der Waals surface area contributed by atoms with Crippen molar-refractivity contribution in [3.05, 3.63) is 35.5 Å². The maximum absolute atomic E-state index is 12.9. The number of likely N-dealkylation sites (tertiary alicyclic amines) is 1. The van der Waals surface area contributed by atoms with E-state index in [0.29, 0.717) is 17.9 Å².